The van der Waals surface area contributed by atoms with Gasteiger partial charge in [0.05, 0.1) is 10.6 Å². The molecule has 22 nitrogen and oxygen atoms in total. The number of benzene rings is 1. The van der Waals surface area contributed by atoms with Gasteiger partial charge in [0, 0.05) is 36.5 Å². The molecule has 0 aliphatic carbocycles. The first-order valence-corrected chi connectivity index (χ1v) is 27.1. The molecule has 2 bridgehead atoms. The number of rotatable bonds is 16. The lowest BCUT2D eigenvalue weighted by atomic mass is 9.95. The molecule has 2 aromatic heterocycles. The zero-order chi connectivity index (χ0) is 56.0. The molecule has 1 aromatic carbocycles. The molecule has 416 valence electrons. The lowest BCUT2D eigenvalue weighted by Gasteiger charge is -2.31. The molecule has 0 radical (unpaired) electrons. The van der Waals surface area contributed by atoms with E-state index in [2.05, 4.69) is 63.1 Å². The number of fused-ring (bicyclic) bond motifs is 4. The topological polar surface area (TPSA) is 323 Å². The Morgan fingerprint density at radius 2 is 1.61 bits per heavy atom. The summed E-state index contributed by atoms with van der Waals surface area (Å²) in [4.78, 5) is 134. The molecule has 76 heavy (non-hydrogen) atoms. The van der Waals surface area contributed by atoms with Crippen molar-refractivity contribution in [2.24, 2.45) is 17.8 Å². The molecular weight excluding hydrogens is 1050 g/mol. The summed E-state index contributed by atoms with van der Waals surface area (Å²) in [6, 6.07) is -3.47. The largest absolute Gasteiger partial charge is 0.508 e. The molecule has 1 saturated heterocycles. The maximum atomic E-state index is 14.8. The number of carbonyl (C=O) groups is 9. The van der Waals surface area contributed by atoms with Gasteiger partial charge in [-0.15, -0.1) is 0 Å². The van der Waals surface area contributed by atoms with Gasteiger partial charge in [-0.25, -0.2) is 4.98 Å². The minimum atomic E-state index is -1.37. The quantitative estimate of drug-likeness (QED) is 0.0923. The first-order valence-electron chi connectivity index (χ1n) is 26.3. The molecule has 1 fully saturated rings. The van der Waals surface area contributed by atoms with E-state index in [0.717, 1.165) is 6.08 Å². The highest BCUT2D eigenvalue weighted by Gasteiger charge is 2.41. The summed E-state index contributed by atoms with van der Waals surface area (Å²) in [5.41, 5.74) is 1.41. The normalized spacial score (nSPS) is 22.9. The number of nitrogens with one attached hydrogen (secondary N) is 8. The average Bonchev–Trinajstić information content (AvgIpc) is 4.15. The molecule has 8 amide bonds. The van der Waals surface area contributed by atoms with Crippen molar-refractivity contribution in [3.63, 3.8) is 0 Å². The van der Waals surface area contributed by atoms with E-state index < -0.39 is 107 Å². The smallest absolute Gasteiger partial charge is 0.290 e. The number of phenolic OH excluding ortho intramolecular Hbond substituents is 1. The molecule has 10 atom stereocenters. The number of phenols is 1. The van der Waals surface area contributed by atoms with Crippen molar-refractivity contribution in [2.45, 2.75) is 168 Å². The molecule has 4 heterocycles. The number of nitrogens with zero attached hydrogens (tertiary/aromatic N) is 2. The fourth-order valence-electron chi connectivity index (χ4n) is 9.15. The Morgan fingerprint density at radius 3 is 2.29 bits per heavy atom. The van der Waals surface area contributed by atoms with Crippen LogP contribution in [0.15, 0.2) is 39.6 Å². The first-order chi connectivity index (χ1) is 36.1. The fraction of sp³-hybridized carbons (Fsp3) is 0.585. The molecule has 2 aliphatic rings. The van der Waals surface area contributed by atoms with Gasteiger partial charge >= 0.3 is 0 Å². The van der Waals surface area contributed by atoms with Crippen molar-refractivity contribution in [1.82, 2.24) is 52.1 Å². The van der Waals surface area contributed by atoms with Crippen molar-refractivity contribution >= 4 is 85.9 Å². The fourth-order valence-corrected chi connectivity index (χ4v) is 9.74. The number of H-pyrrole nitrogens is 1. The summed E-state index contributed by atoms with van der Waals surface area (Å²) in [6.07, 6.45) is 4.48. The van der Waals surface area contributed by atoms with Gasteiger partial charge in [-0.2, -0.15) is 0 Å². The zero-order valence-corrected chi connectivity index (χ0v) is 46.1. The van der Waals surface area contributed by atoms with Crippen LogP contribution in [0.25, 0.3) is 17.0 Å². The van der Waals surface area contributed by atoms with Crippen LogP contribution in [-0.2, 0) is 49.6 Å². The summed E-state index contributed by atoms with van der Waals surface area (Å²) in [7, 11) is 0. The molecule has 2 aliphatic heterocycles. The van der Waals surface area contributed by atoms with Crippen molar-refractivity contribution < 1.29 is 57.8 Å². The van der Waals surface area contributed by atoms with Gasteiger partial charge in [0.1, 0.15) is 60.1 Å². The Kier molecular flexibility index (Phi) is 22.2. The molecular formula is C53H75BrN10O12. The highest BCUT2D eigenvalue weighted by atomic mass is 79.9. The Balaban J connectivity index is 1.48. The SMILES string of the molecule is CCC[C@H](NC(=O)[C@@H](NC(=O)[C@@H](O)[C@@H](C)CC)C(C)CC)C(=O)N[C@H]1CCCNC(=O)[C@H](Cc2c(Br)[nH]c3ccc(O)cc23)NC(=O)/C=C\c2coc(n2)[C@H](C)NC(=O)C(=O)[C@H](CC(C)C)NC(=O)[C@@H]2CCCN2C1=O. The number of halogens is 1. The second-order valence-electron chi connectivity index (χ2n) is 20.3. The van der Waals surface area contributed by atoms with E-state index in [1.165, 1.54) is 36.3 Å². The molecule has 3 aromatic rings. The van der Waals surface area contributed by atoms with Crippen molar-refractivity contribution in [3.05, 3.63) is 52.3 Å². The van der Waals surface area contributed by atoms with Crippen molar-refractivity contribution in [3.8, 4) is 5.75 Å². The number of aromatic amines is 1. The van der Waals surface area contributed by atoms with Crippen LogP contribution in [0, 0.1) is 17.8 Å². The van der Waals surface area contributed by atoms with Crippen LogP contribution in [-0.4, -0.2) is 134 Å². The van der Waals surface area contributed by atoms with Crippen molar-refractivity contribution in [1.29, 1.82) is 0 Å². The number of aliphatic hydroxyl groups excluding tert-OH is 1. The Bertz CT molecular complexity index is 2610. The van der Waals surface area contributed by atoms with E-state index in [0.29, 0.717) is 46.8 Å². The minimum absolute atomic E-state index is 0.00646. The number of aliphatic hydroxyl groups is 1. The van der Waals surface area contributed by atoms with Crippen LogP contribution in [0.1, 0.15) is 136 Å². The number of Topliss-reactive ketones (excluding diaryl/α,β-unsaturated/α-hetero) is 1. The summed E-state index contributed by atoms with van der Waals surface area (Å²) in [5, 5.41) is 40.7. The van der Waals surface area contributed by atoms with Crippen LogP contribution >= 0.6 is 15.9 Å². The molecule has 1 unspecified atom stereocenters. The minimum Gasteiger partial charge on any atom is -0.508 e. The van der Waals surface area contributed by atoms with Gasteiger partial charge in [-0.05, 0) is 109 Å². The number of oxazole rings is 1. The summed E-state index contributed by atoms with van der Waals surface area (Å²) in [5.74, 6) is -7.67. The number of hydrogen-bond donors (Lipinski definition) is 10. The predicted molar refractivity (Wildman–Crippen MR) is 284 cm³/mol. The highest BCUT2D eigenvalue weighted by molar-refractivity contribution is 9.10. The maximum absolute atomic E-state index is 14.8. The number of ketones is 1. The first kappa shape index (κ1) is 60.2. The van der Waals surface area contributed by atoms with Gasteiger partial charge in [0.2, 0.25) is 53.0 Å². The molecule has 23 heteroatoms. The lowest BCUT2D eigenvalue weighted by Crippen LogP contribution is -2.60. The van der Waals surface area contributed by atoms with Gasteiger partial charge in [0.15, 0.2) is 0 Å². The Hall–Kier alpha value is -6.62. The standard InChI is InChI=1S/C53H75BrN10O12/c1-9-14-36(60-49(72)42(28(6)10-2)63-50(73)43(67)29(7)11-3)47(70)61-37-15-12-21-55-46(69)39(25-34-33-24-32(65)18-19-35(33)59-45(34)54)58-41(66)20-17-31-26-76-52(57-31)30(8)56-51(74)44(68)38(23-27(4)5)62-48(71)40-16-13-22-64(40)53(37)75/h17-20,24,26-30,36-40,42-43,59,65,67H,9-16,21-23,25H2,1-8H3,(H,55,69)(H,56,74)(H,58,66)(H,60,72)(H,61,70)(H,62,71)(H,63,73)/b20-17-/t28?,29-,30-,36-,37-,38-,39-,40-,42-,43-/m0/s1. The molecule has 10 N–H and O–H groups in total. The van der Waals surface area contributed by atoms with Gasteiger partial charge < -0.3 is 61.7 Å². The Labute approximate surface area is 451 Å². The monoisotopic (exact) mass is 1120 g/mol. The summed E-state index contributed by atoms with van der Waals surface area (Å²) < 4.78 is 6.08. The second kappa shape index (κ2) is 28.0. The zero-order valence-electron chi connectivity index (χ0n) is 44.5. The second-order valence-corrected chi connectivity index (χ2v) is 21.1. The number of hydrogen-bond acceptors (Lipinski definition) is 13. The number of aromatic hydroxyl groups is 1. The third-order valence-corrected chi connectivity index (χ3v) is 14.7. The summed E-state index contributed by atoms with van der Waals surface area (Å²) in [6.45, 7) is 14.1. The van der Waals surface area contributed by atoms with E-state index in [-0.39, 0.29) is 80.8 Å². The average molecular weight is 1120 g/mol. The third kappa shape index (κ3) is 16.0. The number of amides is 8. The molecule has 5 rings (SSSR count). The lowest BCUT2D eigenvalue weighted by molar-refractivity contribution is -0.144. The highest BCUT2D eigenvalue weighted by Crippen LogP contribution is 2.31. The van der Waals surface area contributed by atoms with E-state index >= 15 is 0 Å². The Morgan fingerprint density at radius 1 is 0.882 bits per heavy atom. The van der Waals surface area contributed by atoms with Gasteiger partial charge in [-0.1, -0.05) is 67.7 Å². The van der Waals surface area contributed by atoms with Gasteiger partial charge in [0.25, 0.3) is 5.91 Å². The predicted octanol–water partition coefficient (Wildman–Crippen LogP) is 3.25. The number of carbonyl (C=O) groups excluding carboxylic acids is 9. The van der Waals surface area contributed by atoms with Gasteiger partial charge in [-0.3, -0.25) is 43.2 Å². The van der Waals surface area contributed by atoms with E-state index in [1.807, 2.05) is 27.7 Å². The van der Waals surface area contributed by atoms with Crippen LogP contribution in [0.4, 0.5) is 0 Å². The number of aromatic nitrogens is 2. The van der Waals surface area contributed by atoms with Crippen LogP contribution in [0.3, 0.4) is 0 Å². The maximum Gasteiger partial charge on any atom is 0.290 e. The van der Waals surface area contributed by atoms with Crippen molar-refractivity contribution in [2.75, 3.05) is 13.1 Å². The van der Waals surface area contributed by atoms with Crippen LogP contribution in [0.5, 0.6) is 5.75 Å². The third-order valence-electron chi connectivity index (χ3n) is 14.0. The molecule has 0 spiro atoms. The van der Waals surface area contributed by atoms with Crippen LogP contribution < -0.4 is 37.2 Å². The molecule has 0 saturated carbocycles. The van der Waals surface area contributed by atoms with E-state index in [4.69, 9.17) is 4.42 Å². The summed E-state index contributed by atoms with van der Waals surface area (Å²) >= 11 is 3.51. The van der Waals surface area contributed by atoms with E-state index in [9.17, 15) is 53.4 Å². The van der Waals surface area contributed by atoms with Crippen LogP contribution in [0.2, 0.25) is 0 Å². The van der Waals surface area contributed by atoms with E-state index in [1.54, 1.807) is 26.8 Å².